The molecule has 0 aliphatic carbocycles. The molecule has 1 atom stereocenters. The Morgan fingerprint density at radius 3 is 2.36 bits per heavy atom. The van der Waals surface area contributed by atoms with Gasteiger partial charge in [0.05, 0.1) is 0 Å². The zero-order chi connectivity index (χ0) is 8.85. The molecule has 1 N–H and O–H groups in total. The fourth-order valence-corrected chi connectivity index (χ4v) is 0.432. The van der Waals surface area contributed by atoms with Gasteiger partial charge in [-0.15, -0.1) is 0 Å². The van der Waals surface area contributed by atoms with Crippen molar-refractivity contribution >= 4 is 18.2 Å². The van der Waals surface area contributed by atoms with Gasteiger partial charge in [-0.2, -0.15) is 0 Å². The third kappa shape index (κ3) is 3.47. The van der Waals surface area contributed by atoms with Crippen LogP contribution in [0.3, 0.4) is 0 Å². The van der Waals surface area contributed by atoms with Crippen molar-refractivity contribution in [1.82, 2.24) is 0 Å². The number of hydrogen-bond acceptors (Lipinski definition) is 5. The molecule has 0 saturated heterocycles. The van der Waals surface area contributed by atoms with Gasteiger partial charge in [0.1, 0.15) is 0 Å². The molecular formula is C6H9NO4. The molecular weight excluding hydrogens is 150 g/mol. The van der Waals surface area contributed by atoms with Gasteiger partial charge in [0.2, 0.25) is 0 Å². The first-order valence-corrected chi connectivity index (χ1v) is 2.87. The second-order valence-electron chi connectivity index (χ2n) is 1.74. The minimum atomic E-state index is -1.08. The van der Waals surface area contributed by atoms with E-state index in [2.05, 4.69) is 9.47 Å². The minimum absolute atomic E-state index is 0.709. The van der Waals surface area contributed by atoms with Crippen LogP contribution in [0.15, 0.2) is 0 Å². The minimum Gasteiger partial charge on any atom is -0.391 e. The van der Waals surface area contributed by atoms with Crippen molar-refractivity contribution in [1.29, 1.82) is 5.41 Å². The molecule has 0 bridgehead atoms. The summed E-state index contributed by atoms with van der Waals surface area (Å²) < 4.78 is 8.63. The second-order valence-corrected chi connectivity index (χ2v) is 1.74. The van der Waals surface area contributed by atoms with Crippen LogP contribution in [0.2, 0.25) is 0 Å². The first-order valence-electron chi connectivity index (χ1n) is 2.87. The molecule has 0 aliphatic rings. The predicted molar refractivity (Wildman–Crippen MR) is 36.4 cm³/mol. The van der Waals surface area contributed by atoms with Crippen molar-refractivity contribution in [3.8, 4) is 0 Å². The van der Waals surface area contributed by atoms with E-state index in [1.165, 1.54) is 7.11 Å². The van der Waals surface area contributed by atoms with Gasteiger partial charge in [0.25, 0.3) is 0 Å². The van der Waals surface area contributed by atoms with E-state index in [0.29, 0.717) is 0 Å². The second kappa shape index (κ2) is 4.56. The summed E-state index contributed by atoms with van der Waals surface area (Å²) >= 11 is 0. The third-order valence-electron chi connectivity index (χ3n) is 0.882. The van der Waals surface area contributed by atoms with E-state index in [1.807, 2.05) is 0 Å². The van der Waals surface area contributed by atoms with Crippen molar-refractivity contribution in [2.75, 3.05) is 7.11 Å². The standard InChI is InChI=1S/C6H9NO4/c1-4(8)11-6(9)5(3-7)10-2/h3,5,7H,1-2H3. The van der Waals surface area contributed by atoms with Gasteiger partial charge in [-0.05, 0) is 0 Å². The lowest BCUT2D eigenvalue weighted by Crippen LogP contribution is -2.27. The summed E-state index contributed by atoms with van der Waals surface area (Å²) in [5.41, 5.74) is 0. The Balaban J connectivity index is 3.99. The lowest BCUT2D eigenvalue weighted by molar-refractivity contribution is -0.162. The van der Waals surface area contributed by atoms with Crippen molar-refractivity contribution in [3.63, 3.8) is 0 Å². The summed E-state index contributed by atoms with van der Waals surface area (Å²) in [7, 11) is 1.25. The zero-order valence-electron chi connectivity index (χ0n) is 6.29. The Hall–Kier alpha value is -1.23. The summed E-state index contributed by atoms with van der Waals surface area (Å²) in [6.45, 7) is 1.11. The van der Waals surface area contributed by atoms with Crippen LogP contribution >= 0.6 is 0 Å². The maximum Gasteiger partial charge on any atom is 0.348 e. The van der Waals surface area contributed by atoms with Crippen molar-refractivity contribution in [2.45, 2.75) is 13.0 Å². The summed E-state index contributed by atoms with van der Waals surface area (Å²) in [6.07, 6.45) is -0.329. The molecule has 62 valence electrons. The van der Waals surface area contributed by atoms with Crippen LogP contribution in [0.4, 0.5) is 0 Å². The topological polar surface area (TPSA) is 76.4 Å². The first-order chi connectivity index (χ1) is 5.11. The van der Waals surface area contributed by atoms with E-state index < -0.39 is 18.0 Å². The van der Waals surface area contributed by atoms with Gasteiger partial charge >= 0.3 is 11.9 Å². The molecule has 0 saturated carbocycles. The van der Waals surface area contributed by atoms with Gasteiger partial charge < -0.3 is 14.9 Å². The highest BCUT2D eigenvalue weighted by atomic mass is 16.6. The smallest absolute Gasteiger partial charge is 0.348 e. The molecule has 11 heavy (non-hydrogen) atoms. The van der Waals surface area contributed by atoms with Crippen LogP contribution in [0.5, 0.6) is 0 Å². The van der Waals surface area contributed by atoms with E-state index in [4.69, 9.17) is 5.41 Å². The fourth-order valence-electron chi connectivity index (χ4n) is 0.432. The third-order valence-corrected chi connectivity index (χ3v) is 0.882. The Bertz CT molecular complexity index is 177. The molecule has 0 spiro atoms. The molecule has 5 nitrogen and oxygen atoms in total. The van der Waals surface area contributed by atoms with E-state index in [0.717, 1.165) is 13.1 Å². The largest absolute Gasteiger partial charge is 0.391 e. The van der Waals surface area contributed by atoms with Gasteiger partial charge in [0.15, 0.2) is 6.10 Å². The Morgan fingerprint density at radius 2 is 2.09 bits per heavy atom. The number of nitrogens with one attached hydrogen (secondary N) is 1. The quantitative estimate of drug-likeness (QED) is 0.349. The van der Waals surface area contributed by atoms with Crippen LogP contribution < -0.4 is 0 Å². The summed E-state index contributed by atoms with van der Waals surface area (Å²) in [5.74, 6) is -1.58. The Kier molecular flexibility index (Phi) is 4.05. The Labute approximate surface area is 63.8 Å². The summed E-state index contributed by atoms with van der Waals surface area (Å²) in [5, 5.41) is 6.67. The molecule has 0 rings (SSSR count). The normalized spacial score (nSPS) is 11.8. The number of methoxy groups -OCH3 is 1. The van der Waals surface area contributed by atoms with Crippen LogP contribution in [-0.2, 0) is 19.1 Å². The monoisotopic (exact) mass is 159 g/mol. The van der Waals surface area contributed by atoms with E-state index in [-0.39, 0.29) is 0 Å². The van der Waals surface area contributed by atoms with Gasteiger partial charge in [-0.25, -0.2) is 4.79 Å². The highest BCUT2D eigenvalue weighted by Crippen LogP contribution is 1.90. The van der Waals surface area contributed by atoms with E-state index in [1.54, 1.807) is 0 Å². The molecule has 0 radical (unpaired) electrons. The highest BCUT2D eigenvalue weighted by molar-refractivity contribution is 5.96. The molecule has 0 aromatic carbocycles. The van der Waals surface area contributed by atoms with Crippen LogP contribution in [0.25, 0.3) is 0 Å². The lowest BCUT2D eigenvalue weighted by atomic mass is 10.4. The van der Waals surface area contributed by atoms with Gasteiger partial charge in [-0.1, -0.05) is 0 Å². The fraction of sp³-hybridized carbons (Fsp3) is 0.500. The predicted octanol–water partition coefficient (Wildman–Crippen LogP) is -0.259. The first kappa shape index (κ1) is 9.77. The van der Waals surface area contributed by atoms with Crippen LogP contribution in [-0.4, -0.2) is 31.4 Å². The number of carbonyl (C=O) groups is 2. The van der Waals surface area contributed by atoms with Crippen LogP contribution in [0, 0.1) is 5.41 Å². The molecule has 1 unspecified atom stereocenters. The average molecular weight is 159 g/mol. The molecule has 0 aliphatic heterocycles. The molecule has 5 heteroatoms. The molecule has 0 amide bonds. The molecule has 0 heterocycles. The van der Waals surface area contributed by atoms with E-state index >= 15 is 0 Å². The maximum atomic E-state index is 10.7. The van der Waals surface area contributed by atoms with Crippen molar-refractivity contribution < 1.29 is 19.1 Å². The molecule has 0 aromatic rings. The van der Waals surface area contributed by atoms with Crippen molar-refractivity contribution in [2.24, 2.45) is 0 Å². The Morgan fingerprint density at radius 1 is 1.55 bits per heavy atom. The van der Waals surface area contributed by atoms with Crippen molar-refractivity contribution in [3.05, 3.63) is 0 Å². The average Bonchev–Trinajstić information content (AvgIpc) is 1.88. The molecule has 0 aromatic heterocycles. The number of esters is 2. The number of carbonyl (C=O) groups excluding carboxylic acids is 2. The van der Waals surface area contributed by atoms with Gasteiger partial charge in [-0.3, -0.25) is 4.79 Å². The SMILES string of the molecule is COC(C=N)C(=O)OC(C)=O. The number of rotatable bonds is 3. The summed E-state index contributed by atoms with van der Waals surface area (Å²) in [6, 6.07) is 0. The van der Waals surface area contributed by atoms with Crippen LogP contribution in [0.1, 0.15) is 6.92 Å². The zero-order valence-corrected chi connectivity index (χ0v) is 6.29. The number of ether oxygens (including phenoxy) is 2. The highest BCUT2D eigenvalue weighted by Gasteiger charge is 2.17. The lowest BCUT2D eigenvalue weighted by Gasteiger charge is -2.05. The van der Waals surface area contributed by atoms with E-state index in [9.17, 15) is 9.59 Å². The summed E-state index contributed by atoms with van der Waals surface area (Å²) in [4.78, 5) is 20.9. The maximum absolute atomic E-state index is 10.7. The van der Waals surface area contributed by atoms with Gasteiger partial charge in [0, 0.05) is 20.2 Å². The molecule has 0 fully saturated rings. The number of hydrogen-bond donors (Lipinski definition) is 1.